The molecule has 31 heavy (non-hydrogen) atoms. The number of carbonyl (C=O) groups is 3. The molecule has 7 nitrogen and oxygen atoms in total. The number of esters is 1. The van der Waals surface area contributed by atoms with Crippen LogP contribution in [-0.2, 0) is 19.1 Å². The largest absolute Gasteiger partial charge is 0.455 e. The zero-order chi connectivity index (χ0) is 22.1. The normalized spacial score (nSPS) is 14.4. The van der Waals surface area contributed by atoms with Gasteiger partial charge in [-0.3, -0.25) is 14.4 Å². The zero-order valence-electron chi connectivity index (χ0n) is 17.8. The molecule has 2 aromatic carbocycles. The standard InChI is InChI=1S/C24H29N3O4/c1-18(28)25-22(19-8-4-2-5-9-19)16-24(30)31-17-23(29)26-20-10-12-21(13-11-20)27-14-6-3-7-15-27/h2,4-5,8-13,22H,3,6-7,14-17H2,1H3,(H,25,28)(H,26,29)/t22-/m0/s1. The average molecular weight is 424 g/mol. The van der Waals surface area contributed by atoms with E-state index in [0.717, 1.165) is 24.3 Å². The second-order valence-corrected chi connectivity index (χ2v) is 7.67. The summed E-state index contributed by atoms with van der Waals surface area (Å²) in [6.45, 7) is 3.13. The zero-order valence-corrected chi connectivity index (χ0v) is 17.8. The van der Waals surface area contributed by atoms with Gasteiger partial charge in [0.25, 0.3) is 5.91 Å². The van der Waals surface area contributed by atoms with Gasteiger partial charge in [0, 0.05) is 31.4 Å². The molecule has 2 aromatic rings. The predicted molar refractivity (Wildman–Crippen MR) is 120 cm³/mol. The minimum absolute atomic E-state index is 0.0542. The van der Waals surface area contributed by atoms with Gasteiger partial charge in [-0.2, -0.15) is 0 Å². The summed E-state index contributed by atoms with van der Waals surface area (Å²) in [6.07, 6.45) is 3.63. The van der Waals surface area contributed by atoms with Crippen LogP contribution in [0.1, 0.15) is 44.2 Å². The van der Waals surface area contributed by atoms with E-state index in [1.54, 1.807) is 0 Å². The minimum atomic E-state index is -0.557. The lowest BCUT2D eigenvalue weighted by molar-refractivity contribution is -0.148. The lowest BCUT2D eigenvalue weighted by Gasteiger charge is -2.28. The van der Waals surface area contributed by atoms with E-state index in [2.05, 4.69) is 15.5 Å². The van der Waals surface area contributed by atoms with Crippen LogP contribution in [0, 0.1) is 0 Å². The molecular weight excluding hydrogens is 394 g/mol. The van der Waals surface area contributed by atoms with E-state index in [4.69, 9.17) is 4.74 Å². The lowest BCUT2D eigenvalue weighted by Crippen LogP contribution is -2.29. The lowest BCUT2D eigenvalue weighted by atomic mass is 10.0. The molecule has 2 amide bonds. The number of carbonyl (C=O) groups excluding carboxylic acids is 3. The van der Waals surface area contributed by atoms with E-state index in [-0.39, 0.29) is 18.9 Å². The van der Waals surface area contributed by atoms with Crippen LogP contribution in [0.4, 0.5) is 11.4 Å². The monoisotopic (exact) mass is 423 g/mol. The number of nitrogens with zero attached hydrogens (tertiary/aromatic N) is 1. The Kier molecular flexibility index (Phi) is 8.04. The van der Waals surface area contributed by atoms with Gasteiger partial charge in [-0.25, -0.2) is 0 Å². The van der Waals surface area contributed by atoms with E-state index in [1.807, 2.05) is 54.6 Å². The van der Waals surface area contributed by atoms with Crippen LogP contribution in [0.3, 0.4) is 0 Å². The molecule has 0 spiro atoms. The van der Waals surface area contributed by atoms with Gasteiger partial charge in [-0.1, -0.05) is 30.3 Å². The number of anilines is 2. The van der Waals surface area contributed by atoms with Gasteiger partial charge in [0.05, 0.1) is 12.5 Å². The Hall–Kier alpha value is -3.35. The van der Waals surface area contributed by atoms with Crippen molar-refractivity contribution in [2.45, 2.75) is 38.6 Å². The van der Waals surface area contributed by atoms with Crippen LogP contribution in [0.5, 0.6) is 0 Å². The first-order chi connectivity index (χ1) is 15.0. The smallest absolute Gasteiger partial charge is 0.308 e. The van der Waals surface area contributed by atoms with Crippen molar-refractivity contribution < 1.29 is 19.1 Å². The second kappa shape index (κ2) is 11.2. The molecule has 0 aliphatic carbocycles. The molecule has 1 saturated heterocycles. The maximum atomic E-state index is 12.2. The molecule has 0 saturated carbocycles. The molecule has 1 aliphatic heterocycles. The number of hydrogen-bond donors (Lipinski definition) is 2. The van der Waals surface area contributed by atoms with Crippen LogP contribution >= 0.6 is 0 Å². The van der Waals surface area contributed by atoms with Gasteiger partial charge in [-0.05, 0) is 49.1 Å². The Morgan fingerprint density at radius 1 is 0.968 bits per heavy atom. The van der Waals surface area contributed by atoms with Crippen molar-refractivity contribution in [1.82, 2.24) is 5.32 Å². The van der Waals surface area contributed by atoms with Crippen molar-refractivity contribution in [1.29, 1.82) is 0 Å². The fourth-order valence-electron chi connectivity index (χ4n) is 3.66. The van der Waals surface area contributed by atoms with Crippen LogP contribution in [0.2, 0.25) is 0 Å². The third-order valence-corrected chi connectivity index (χ3v) is 5.19. The van der Waals surface area contributed by atoms with Crippen molar-refractivity contribution >= 4 is 29.2 Å². The van der Waals surface area contributed by atoms with Gasteiger partial charge in [0.1, 0.15) is 0 Å². The van der Waals surface area contributed by atoms with E-state index in [0.29, 0.717) is 5.69 Å². The number of hydrogen-bond acceptors (Lipinski definition) is 5. The molecule has 2 N–H and O–H groups in total. The van der Waals surface area contributed by atoms with Crippen LogP contribution in [-0.4, -0.2) is 37.5 Å². The third kappa shape index (κ3) is 7.13. The first-order valence-corrected chi connectivity index (χ1v) is 10.6. The van der Waals surface area contributed by atoms with Crippen molar-refractivity contribution in [3.63, 3.8) is 0 Å². The van der Waals surface area contributed by atoms with Crippen LogP contribution in [0.15, 0.2) is 54.6 Å². The van der Waals surface area contributed by atoms with E-state index in [1.165, 1.54) is 26.2 Å². The van der Waals surface area contributed by atoms with Gasteiger partial charge >= 0.3 is 5.97 Å². The average Bonchev–Trinajstić information content (AvgIpc) is 2.79. The van der Waals surface area contributed by atoms with Crippen molar-refractivity contribution in [3.05, 3.63) is 60.2 Å². The van der Waals surface area contributed by atoms with Gasteiger partial charge in [-0.15, -0.1) is 0 Å². The van der Waals surface area contributed by atoms with E-state index in [9.17, 15) is 14.4 Å². The highest BCUT2D eigenvalue weighted by Gasteiger charge is 2.19. The SMILES string of the molecule is CC(=O)N[C@@H](CC(=O)OCC(=O)Nc1ccc(N2CCCCC2)cc1)c1ccccc1. The minimum Gasteiger partial charge on any atom is -0.455 e. The maximum Gasteiger partial charge on any atom is 0.308 e. The number of nitrogens with one attached hydrogen (secondary N) is 2. The number of piperidine rings is 1. The first kappa shape index (κ1) is 22.3. The number of ether oxygens (including phenoxy) is 1. The molecule has 7 heteroatoms. The number of rotatable bonds is 8. The second-order valence-electron chi connectivity index (χ2n) is 7.67. The maximum absolute atomic E-state index is 12.2. The number of amides is 2. The highest BCUT2D eigenvalue weighted by atomic mass is 16.5. The molecular formula is C24H29N3O4. The molecule has 0 radical (unpaired) electrons. The first-order valence-electron chi connectivity index (χ1n) is 10.6. The molecule has 164 valence electrons. The summed E-state index contributed by atoms with van der Waals surface area (Å²) in [5, 5.41) is 5.48. The summed E-state index contributed by atoms with van der Waals surface area (Å²) in [5.41, 5.74) is 2.60. The number of benzene rings is 2. The van der Waals surface area contributed by atoms with E-state index >= 15 is 0 Å². The van der Waals surface area contributed by atoms with Crippen molar-refractivity contribution in [2.75, 3.05) is 29.9 Å². The third-order valence-electron chi connectivity index (χ3n) is 5.19. The van der Waals surface area contributed by atoms with Gasteiger partial charge in [0.15, 0.2) is 6.61 Å². The van der Waals surface area contributed by atoms with Crippen LogP contribution < -0.4 is 15.5 Å². The molecule has 3 rings (SSSR count). The molecule has 1 heterocycles. The highest BCUT2D eigenvalue weighted by molar-refractivity contribution is 5.93. The van der Waals surface area contributed by atoms with Crippen molar-refractivity contribution in [3.8, 4) is 0 Å². The Labute approximate surface area is 182 Å². The molecule has 1 aliphatic rings. The summed E-state index contributed by atoms with van der Waals surface area (Å²) < 4.78 is 5.12. The van der Waals surface area contributed by atoms with Gasteiger partial charge < -0.3 is 20.3 Å². The summed E-state index contributed by atoms with van der Waals surface area (Å²) in [4.78, 5) is 38.2. The Balaban J connectivity index is 1.47. The Bertz CT molecular complexity index is 877. The molecule has 1 fully saturated rings. The van der Waals surface area contributed by atoms with E-state index < -0.39 is 17.9 Å². The fraction of sp³-hybridized carbons (Fsp3) is 0.375. The Morgan fingerprint density at radius 3 is 2.29 bits per heavy atom. The summed E-state index contributed by atoms with van der Waals surface area (Å²) in [5.74, 6) is -1.21. The topological polar surface area (TPSA) is 87.7 Å². The van der Waals surface area contributed by atoms with Gasteiger partial charge in [0.2, 0.25) is 5.91 Å². The predicted octanol–water partition coefficient (Wildman–Crippen LogP) is 3.43. The quantitative estimate of drug-likeness (QED) is 0.635. The Morgan fingerprint density at radius 2 is 1.65 bits per heavy atom. The highest BCUT2D eigenvalue weighted by Crippen LogP contribution is 2.22. The summed E-state index contributed by atoms with van der Waals surface area (Å²) in [7, 11) is 0. The summed E-state index contributed by atoms with van der Waals surface area (Å²) in [6, 6.07) is 16.4. The molecule has 0 unspecified atom stereocenters. The van der Waals surface area contributed by atoms with Crippen LogP contribution in [0.25, 0.3) is 0 Å². The fourth-order valence-corrected chi connectivity index (χ4v) is 3.66. The summed E-state index contributed by atoms with van der Waals surface area (Å²) >= 11 is 0. The molecule has 1 atom stereocenters. The molecule has 0 bridgehead atoms. The van der Waals surface area contributed by atoms with Crippen molar-refractivity contribution in [2.24, 2.45) is 0 Å². The molecule has 0 aromatic heterocycles.